The molecule has 6 heteroatoms. The van der Waals surface area contributed by atoms with E-state index >= 15 is 0 Å². The molecule has 1 atom stereocenters. The van der Waals surface area contributed by atoms with Crippen LogP contribution in [-0.4, -0.2) is 34.4 Å². The summed E-state index contributed by atoms with van der Waals surface area (Å²) in [7, 11) is 0. The first-order chi connectivity index (χ1) is 7.13. The maximum atomic E-state index is 5.43. The summed E-state index contributed by atoms with van der Waals surface area (Å²) in [6.07, 6.45) is 0. The van der Waals surface area contributed by atoms with Gasteiger partial charge < -0.3 is 15.8 Å². The molecule has 1 aromatic heterocycles. The number of nitrogen functional groups attached to an aromatic ring is 1. The molecule has 1 heterocycles. The molecule has 0 fully saturated rings. The number of hydrogen-bond donors (Lipinski definition) is 3. The second-order valence-corrected chi connectivity index (χ2v) is 3.70. The van der Waals surface area contributed by atoms with E-state index in [2.05, 4.69) is 34.3 Å². The molecule has 1 rings (SSSR count). The van der Waals surface area contributed by atoms with E-state index in [0.29, 0.717) is 31.0 Å². The van der Waals surface area contributed by atoms with Crippen molar-refractivity contribution in [2.24, 2.45) is 5.92 Å². The van der Waals surface area contributed by atoms with Crippen molar-refractivity contribution in [3.8, 4) is 0 Å². The summed E-state index contributed by atoms with van der Waals surface area (Å²) in [6, 6.07) is 0.195. The largest absolute Gasteiger partial charge is 0.380 e. The van der Waals surface area contributed by atoms with E-state index in [9.17, 15) is 0 Å². The Balaban J connectivity index is 2.50. The minimum Gasteiger partial charge on any atom is -0.380 e. The van der Waals surface area contributed by atoms with E-state index in [1.165, 1.54) is 0 Å². The predicted molar refractivity (Wildman–Crippen MR) is 59.5 cm³/mol. The zero-order valence-corrected chi connectivity index (χ0v) is 9.45. The Hall–Kier alpha value is -1.30. The maximum Gasteiger partial charge on any atom is 0.243 e. The summed E-state index contributed by atoms with van der Waals surface area (Å²) < 4.78 is 5.38. The van der Waals surface area contributed by atoms with Crippen molar-refractivity contribution in [1.29, 1.82) is 0 Å². The van der Waals surface area contributed by atoms with Gasteiger partial charge in [-0.1, -0.05) is 13.8 Å². The lowest BCUT2D eigenvalue weighted by Crippen LogP contribution is -2.31. The van der Waals surface area contributed by atoms with Gasteiger partial charge in [-0.25, -0.2) is 5.10 Å². The van der Waals surface area contributed by atoms with Gasteiger partial charge in [0.15, 0.2) is 0 Å². The van der Waals surface area contributed by atoms with E-state index in [-0.39, 0.29) is 6.04 Å². The topological polar surface area (TPSA) is 88.8 Å². The smallest absolute Gasteiger partial charge is 0.243 e. The van der Waals surface area contributed by atoms with Crippen molar-refractivity contribution in [1.82, 2.24) is 15.2 Å². The number of aromatic nitrogens is 3. The highest BCUT2D eigenvalue weighted by Gasteiger charge is 2.15. The number of nitrogens with one attached hydrogen (secondary N) is 2. The molecule has 0 aliphatic rings. The lowest BCUT2D eigenvalue weighted by Gasteiger charge is -2.20. The van der Waals surface area contributed by atoms with Crippen LogP contribution in [0.2, 0.25) is 0 Å². The van der Waals surface area contributed by atoms with Gasteiger partial charge in [0.1, 0.15) is 0 Å². The van der Waals surface area contributed by atoms with Gasteiger partial charge in [-0.15, -0.1) is 5.10 Å². The van der Waals surface area contributed by atoms with Crippen LogP contribution >= 0.6 is 0 Å². The van der Waals surface area contributed by atoms with Crippen molar-refractivity contribution in [2.45, 2.75) is 26.8 Å². The summed E-state index contributed by atoms with van der Waals surface area (Å²) in [5.41, 5.74) is 5.43. The summed E-state index contributed by atoms with van der Waals surface area (Å²) >= 11 is 0. The standard InChI is InChI=1S/C9H19N5O/c1-4-15-5-7(6(2)3)11-9-12-8(10)13-14-9/h6-7H,4-5H2,1-3H3,(H4,10,11,12,13,14). The lowest BCUT2D eigenvalue weighted by atomic mass is 10.1. The fraction of sp³-hybridized carbons (Fsp3) is 0.778. The van der Waals surface area contributed by atoms with E-state index in [4.69, 9.17) is 10.5 Å². The highest BCUT2D eigenvalue weighted by atomic mass is 16.5. The van der Waals surface area contributed by atoms with E-state index in [0.717, 1.165) is 0 Å². The van der Waals surface area contributed by atoms with Gasteiger partial charge in [-0.3, -0.25) is 0 Å². The van der Waals surface area contributed by atoms with E-state index < -0.39 is 0 Å². The Bertz CT molecular complexity index is 286. The van der Waals surface area contributed by atoms with Gasteiger partial charge in [0.2, 0.25) is 11.9 Å². The molecule has 0 amide bonds. The number of H-pyrrole nitrogens is 1. The first-order valence-electron chi connectivity index (χ1n) is 5.15. The number of nitrogens with zero attached hydrogens (tertiary/aromatic N) is 2. The molecule has 0 aliphatic carbocycles. The van der Waals surface area contributed by atoms with E-state index in [1.807, 2.05) is 6.92 Å². The van der Waals surface area contributed by atoms with Crippen LogP contribution in [0.3, 0.4) is 0 Å². The number of aromatic amines is 1. The third kappa shape index (κ3) is 3.75. The molecule has 0 aliphatic heterocycles. The summed E-state index contributed by atoms with van der Waals surface area (Å²) in [4.78, 5) is 3.99. The lowest BCUT2D eigenvalue weighted by molar-refractivity contribution is 0.126. The minimum atomic E-state index is 0.195. The van der Waals surface area contributed by atoms with Crippen LogP contribution in [0.25, 0.3) is 0 Å². The molecule has 1 unspecified atom stereocenters. The molecule has 0 spiro atoms. The van der Waals surface area contributed by atoms with Gasteiger partial charge >= 0.3 is 0 Å². The highest BCUT2D eigenvalue weighted by molar-refractivity contribution is 5.31. The van der Waals surface area contributed by atoms with Gasteiger partial charge in [0.25, 0.3) is 0 Å². The number of hydrogen-bond acceptors (Lipinski definition) is 5. The second-order valence-electron chi connectivity index (χ2n) is 3.70. The molecule has 0 aromatic carbocycles. The third-order valence-corrected chi connectivity index (χ3v) is 2.12. The first-order valence-corrected chi connectivity index (χ1v) is 5.15. The van der Waals surface area contributed by atoms with Gasteiger partial charge in [-0.05, 0) is 12.8 Å². The van der Waals surface area contributed by atoms with Crippen LogP contribution in [0, 0.1) is 5.92 Å². The van der Waals surface area contributed by atoms with Crippen molar-refractivity contribution in [3.63, 3.8) is 0 Å². The number of rotatable bonds is 6. The van der Waals surface area contributed by atoms with Crippen molar-refractivity contribution < 1.29 is 4.74 Å². The maximum absolute atomic E-state index is 5.43. The zero-order chi connectivity index (χ0) is 11.3. The van der Waals surface area contributed by atoms with E-state index in [1.54, 1.807) is 0 Å². The van der Waals surface area contributed by atoms with Gasteiger partial charge in [0, 0.05) is 6.61 Å². The Morgan fingerprint density at radius 1 is 1.53 bits per heavy atom. The van der Waals surface area contributed by atoms with Crippen LogP contribution < -0.4 is 11.1 Å². The molecule has 4 N–H and O–H groups in total. The fourth-order valence-electron chi connectivity index (χ4n) is 1.15. The highest BCUT2D eigenvalue weighted by Crippen LogP contribution is 2.09. The summed E-state index contributed by atoms with van der Waals surface area (Å²) in [5.74, 6) is 1.28. The van der Waals surface area contributed by atoms with Gasteiger partial charge in [0.05, 0.1) is 12.6 Å². The summed E-state index contributed by atoms with van der Waals surface area (Å²) in [5, 5.41) is 9.68. The SMILES string of the molecule is CCOCC(Nc1n[nH]c(N)n1)C(C)C. The molecule has 0 saturated carbocycles. The van der Waals surface area contributed by atoms with Crippen LogP contribution in [0.1, 0.15) is 20.8 Å². The number of anilines is 2. The Morgan fingerprint density at radius 2 is 2.27 bits per heavy atom. The molecule has 0 radical (unpaired) electrons. The number of ether oxygens (including phenoxy) is 1. The zero-order valence-electron chi connectivity index (χ0n) is 9.45. The average Bonchev–Trinajstić information content (AvgIpc) is 2.58. The Kier molecular flexibility index (Phi) is 4.36. The molecule has 15 heavy (non-hydrogen) atoms. The normalized spacial score (nSPS) is 13.1. The summed E-state index contributed by atoms with van der Waals surface area (Å²) in [6.45, 7) is 7.56. The fourth-order valence-corrected chi connectivity index (χ4v) is 1.15. The molecule has 0 bridgehead atoms. The van der Waals surface area contributed by atoms with Crippen LogP contribution in [0.5, 0.6) is 0 Å². The Morgan fingerprint density at radius 3 is 2.73 bits per heavy atom. The second kappa shape index (κ2) is 5.55. The number of nitrogens with two attached hydrogens (primary N) is 1. The molecule has 6 nitrogen and oxygen atoms in total. The molecular weight excluding hydrogens is 194 g/mol. The quantitative estimate of drug-likeness (QED) is 0.652. The van der Waals surface area contributed by atoms with Crippen LogP contribution in [0.4, 0.5) is 11.9 Å². The van der Waals surface area contributed by atoms with Crippen molar-refractivity contribution in [3.05, 3.63) is 0 Å². The molecule has 1 aromatic rings. The molecular formula is C9H19N5O. The average molecular weight is 213 g/mol. The molecule has 0 saturated heterocycles. The monoisotopic (exact) mass is 213 g/mol. The molecule has 86 valence electrons. The Labute approximate surface area is 89.6 Å². The first kappa shape index (κ1) is 11.8. The van der Waals surface area contributed by atoms with Crippen molar-refractivity contribution in [2.75, 3.05) is 24.3 Å². The third-order valence-electron chi connectivity index (χ3n) is 2.12. The van der Waals surface area contributed by atoms with Crippen molar-refractivity contribution >= 4 is 11.9 Å². The minimum absolute atomic E-state index is 0.195. The van der Waals surface area contributed by atoms with Crippen LogP contribution in [-0.2, 0) is 4.74 Å². The predicted octanol–water partition coefficient (Wildman–Crippen LogP) is 0.860. The van der Waals surface area contributed by atoms with Gasteiger partial charge in [-0.2, -0.15) is 4.98 Å². The van der Waals surface area contributed by atoms with Crippen LogP contribution in [0.15, 0.2) is 0 Å².